The van der Waals surface area contributed by atoms with Crippen LogP contribution in [0.4, 0.5) is 0 Å². The van der Waals surface area contributed by atoms with Crippen LogP contribution in [-0.4, -0.2) is 23.4 Å². The summed E-state index contributed by atoms with van der Waals surface area (Å²) in [6.45, 7) is 2.79. The lowest BCUT2D eigenvalue weighted by Gasteiger charge is -2.34. The van der Waals surface area contributed by atoms with Gasteiger partial charge in [0.2, 0.25) is 0 Å². The van der Waals surface area contributed by atoms with Gasteiger partial charge in [0.15, 0.2) is 5.96 Å². The summed E-state index contributed by atoms with van der Waals surface area (Å²) in [5.74, 6) is 0.712. The van der Waals surface area contributed by atoms with Crippen LogP contribution in [0, 0.1) is 6.92 Å². The summed E-state index contributed by atoms with van der Waals surface area (Å²) in [4.78, 5) is 6.86. The van der Waals surface area contributed by atoms with Crippen molar-refractivity contribution < 1.29 is 0 Å². The first-order valence-electron chi connectivity index (χ1n) is 8.01. The van der Waals surface area contributed by atoms with E-state index in [0.717, 1.165) is 17.1 Å². The number of aliphatic imine (C=N–C) groups is 1. The van der Waals surface area contributed by atoms with Crippen molar-refractivity contribution in [1.29, 1.82) is 0 Å². The molecule has 1 aliphatic carbocycles. The molecule has 1 saturated carbocycles. The van der Waals surface area contributed by atoms with E-state index in [-0.39, 0.29) is 6.04 Å². The maximum Gasteiger partial charge on any atom is 0.192 e. The van der Waals surface area contributed by atoms with E-state index in [4.69, 9.17) is 17.3 Å². The second-order valence-corrected chi connectivity index (χ2v) is 6.68. The molecule has 1 unspecified atom stereocenters. The number of hydrogen-bond acceptors (Lipinski definition) is 3. The molecule has 0 amide bonds. The molecule has 114 valence electrons. The Morgan fingerprint density at radius 3 is 2.57 bits per heavy atom. The van der Waals surface area contributed by atoms with E-state index in [0.29, 0.717) is 12.0 Å². The van der Waals surface area contributed by atoms with Crippen molar-refractivity contribution in [2.75, 3.05) is 6.54 Å². The fraction of sp³-hybridized carbons (Fsp3) is 0.588. The van der Waals surface area contributed by atoms with Gasteiger partial charge in [-0.15, -0.1) is 0 Å². The molecule has 3 rings (SSSR count). The van der Waals surface area contributed by atoms with Crippen LogP contribution in [0.25, 0.3) is 0 Å². The Morgan fingerprint density at radius 2 is 1.90 bits per heavy atom. The predicted octanol–water partition coefficient (Wildman–Crippen LogP) is 4.04. The van der Waals surface area contributed by atoms with Crippen LogP contribution in [0.3, 0.4) is 0 Å². The van der Waals surface area contributed by atoms with Crippen molar-refractivity contribution in [3.8, 4) is 0 Å². The zero-order valence-corrected chi connectivity index (χ0v) is 13.4. The lowest BCUT2D eigenvalue weighted by Crippen LogP contribution is -2.43. The van der Waals surface area contributed by atoms with E-state index >= 15 is 0 Å². The fourth-order valence-corrected chi connectivity index (χ4v) is 3.76. The summed E-state index contributed by atoms with van der Waals surface area (Å²) in [5.41, 5.74) is 8.55. The molecule has 0 bridgehead atoms. The molecule has 3 nitrogen and oxygen atoms in total. The molecule has 1 aliphatic heterocycles. The minimum atomic E-state index is 0.256. The van der Waals surface area contributed by atoms with Crippen LogP contribution in [-0.2, 0) is 0 Å². The zero-order valence-electron chi connectivity index (χ0n) is 12.7. The molecule has 0 aromatic heterocycles. The quantitative estimate of drug-likeness (QED) is 0.838. The summed E-state index contributed by atoms with van der Waals surface area (Å²) in [5, 5.41) is 0.832. The zero-order chi connectivity index (χ0) is 14.8. The Hall–Kier alpha value is -1.22. The van der Waals surface area contributed by atoms with Crippen LogP contribution in [0.5, 0.6) is 0 Å². The second-order valence-electron chi connectivity index (χ2n) is 6.28. The number of nitrogens with two attached hydrogens (primary N) is 1. The molecule has 1 atom stereocenters. The average Bonchev–Trinajstić information content (AvgIpc) is 2.69. The molecule has 1 aromatic rings. The molecule has 0 saturated heterocycles. The third-order valence-electron chi connectivity index (χ3n) is 4.83. The van der Waals surface area contributed by atoms with Gasteiger partial charge in [-0.05, 0) is 37.0 Å². The molecular weight excluding hydrogens is 282 g/mol. The highest BCUT2D eigenvalue weighted by molar-refractivity contribution is 6.31. The van der Waals surface area contributed by atoms with E-state index < -0.39 is 0 Å². The summed E-state index contributed by atoms with van der Waals surface area (Å²) in [6.07, 6.45) is 7.76. The molecule has 21 heavy (non-hydrogen) atoms. The lowest BCUT2D eigenvalue weighted by molar-refractivity contribution is 0.237. The van der Waals surface area contributed by atoms with Crippen molar-refractivity contribution in [3.63, 3.8) is 0 Å². The van der Waals surface area contributed by atoms with E-state index in [1.807, 2.05) is 6.92 Å². The number of aryl methyl sites for hydroxylation is 1. The van der Waals surface area contributed by atoms with Crippen molar-refractivity contribution in [1.82, 2.24) is 4.90 Å². The molecule has 1 fully saturated rings. The topological polar surface area (TPSA) is 41.6 Å². The van der Waals surface area contributed by atoms with Gasteiger partial charge in [0.25, 0.3) is 0 Å². The SMILES string of the molecule is Cc1ccc(C2CN=C(N)N2C2CCCCCC2)cc1Cl. The Balaban J connectivity index is 1.85. The normalized spacial score (nSPS) is 24.0. The molecule has 0 spiro atoms. The fourth-order valence-electron chi connectivity index (χ4n) is 3.57. The molecular formula is C17H24ClN3. The largest absolute Gasteiger partial charge is 0.370 e. The first kappa shape index (κ1) is 14.7. The van der Waals surface area contributed by atoms with Crippen LogP contribution in [0.1, 0.15) is 55.7 Å². The third kappa shape index (κ3) is 3.03. The second kappa shape index (κ2) is 6.27. The Morgan fingerprint density at radius 1 is 1.19 bits per heavy atom. The van der Waals surface area contributed by atoms with Crippen molar-refractivity contribution in [3.05, 3.63) is 34.3 Å². The van der Waals surface area contributed by atoms with Crippen molar-refractivity contribution >= 4 is 17.6 Å². The van der Waals surface area contributed by atoms with Gasteiger partial charge in [0, 0.05) is 11.1 Å². The highest BCUT2D eigenvalue weighted by atomic mass is 35.5. The minimum absolute atomic E-state index is 0.256. The van der Waals surface area contributed by atoms with Gasteiger partial charge in [-0.2, -0.15) is 0 Å². The highest BCUT2D eigenvalue weighted by Crippen LogP contribution is 2.34. The molecule has 1 aromatic carbocycles. The standard InChI is InChI=1S/C17H24ClN3/c1-12-8-9-13(10-15(12)18)16-11-20-17(19)21(16)14-6-4-2-3-5-7-14/h8-10,14,16H,2-7,11H2,1H3,(H2,19,20). The Kier molecular flexibility index (Phi) is 4.39. The van der Waals surface area contributed by atoms with Crippen LogP contribution in [0.15, 0.2) is 23.2 Å². The van der Waals surface area contributed by atoms with Gasteiger partial charge >= 0.3 is 0 Å². The van der Waals surface area contributed by atoms with Gasteiger partial charge in [0.1, 0.15) is 0 Å². The highest BCUT2D eigenvalue weighted by Gasteiger charge is 2.33. The number of hydrogen-bond donors (Lipinski definition) is 1. The molecule has 2 N–H and O–H groups in total. The summed E-state index contributed by atoms with van der Waals surface area (Å²) in [7, 11) is 0. The maximum atomic E-state index is 6.30. The average molecular weight is 306 g/mol. The smallest absolute Gasteiger partial charge is 0.192 e. The number of halogens is 1. The summed E-state index contributed by atoms with van der Waals surface area (Å²) < 4.78 is 0. The molecule has 4 heteroatoms. The molecule has 2 aliphatic rings. The summed E-state index contributed by atoms with van der Waals surface area (Å²) >= 11 is 6.30. The van der Waals surface area contributed by atoms with Gasteiger partial charge in [-0.1, -0.05) is 49.4 Å². The van der Waals surface area contributed by atoms with E-state index in [1.54, 1.807) is 0 Å². The Labute approximate surface area is 132 Å². The number of benzene rings is 1. The number of guanidine groups is 1. The Bertz CT molecular complexity index is 533. The molecule has 1 heterocycles. The van der Waals surface area contributed by atoms with Crippen molar-refractivity contribution in [2.45, 2.75) is 57.5 Å². The third-order valence-corrected chi connectivity index (χ3v) is 5.23. The van der Waals surface area contributed by atoms with Gasteiger partial charge in [-0.25, -0.2) is 0 Å². The van der Waals surface area contributed by atoms with Crippen LogP contribution >= 0.6 is 11.6 Å². The predicted molar refractivity (Wildman–Crippen MR) is 88.7 cm³/mol. The monoisotopic (exact) mass is 305 g/mol. The first-order chi connectivity index (χ1) is 10.2. The number of rotatable bonds is 2. The maximum absolute atomic E-state index is 6.30. The summed E-state index contributed by atoms with van der Waals surface area (Å²) in [6, 6.07) is 7.13. The first-order valence-corrected chi connectivity index (χ1v) is 8.39. The van der Waals surface area contributed by atoms with E-state index in [1.165, 1.54) is 44.1 Å². The molecule has 0 radical (unpaired) electrons. The van der Waals surface area contributed by atoms with E-state index in [9.17, 15) is 0 Å². The number of nitrogens with zero attached hydrogens (tertiary/aromatic N) is 2. The van der Waals surface area contributed by atoms with Gasteiger partial charge in [0.05, 0.1) is 12.6 Å². The van der Waals surface area contributed by atoms with Gasteiger partial charge in [-0.3, -0.25) is 4.99 Å². The van der Waals surface area contributed by atoms with Crippen LogP contribution < -0.4 is 5.73 Å². The van der Waals surface area contributed by atoms with Crippen LogP contribution in [0.2, 0.25) is 5.02 Å². The van der Waals surface area contributed by atoms with E-state index in [2.05, 4.69) is 28.1 Å². The van der Waals surface area contributed by atoms with Gasteiger partial charge < -0.3 is 10.6 Å². The minimum Gasteiger partial charge on any atom is -0.370 e. The lowest BCUT2D eigenvalue weighted by atomic mass is 10.00. The van der Waals surface area contributed by atoms with Crippen molar-refractivity contribution in [2.24, 2.45) is 10.7 Å².